The average Bonchev–Trinajstić information content (AvgIpc) is 3.15. The molecule has 132 valence electrons. The largest absolute Gasteiger partial charge is 0.493 e. The van der Waals surface area contributed by atoms with Gasteiger partial charge in [-0.2, -0.15) is 4.68 Å². The van der Waals surface area contributed by atoms with E-state index in [1.165, 1.54) is 0 Å². The molecule has 0 saturated carbocycles. The van der Waals surface area contributed by atoms with E-state index >= 15 is 0 Å². The van der Waals surface area contributed by atoms with Crippen LogP contribution in [0.5, 0.6) is 11.5 Å². The van der Waals surface area contributed by atoms with E-state index in [-0.39, 0.29) is 6.04 Å². The average molecular weight is 414 g/mol. The number of benzene rings is 2. The third kappa shape index (κ3) is 2.82. The maximum atomic E-state index is 5.61. The Hall–Kier alpha value is -2.87. The zero-order valence-corrected chi connectivity index (χ0v) is 15.8. The lowest BCUT2D eigenvalue weighted by atomic mass is 10.0. The van der Waals surface area contributed by atoms with Crippen LogP contribution in [0.2, 0.25) is 0 Å². The fourth-order valence-electron chi connectivity index (χ4n) is 3.04. The molecule has 8 heteroatoms. The van der Waals surface area contributed by atoms with Crippen molar-refractivity contribution in [2.45, 2.75) is 6.04 Å². The fourth-order valence-corrected chi connectivity index (χ4v) is 3.44. The Labute approximate surface area is 158 Å². The Kier molecular flexibility index (Phi) is 4.34. The molecule has 0 amide bonds. The van der Waals surface area contributed by atoms with E-state index in [2.05, 4.69) is 42.8 Å². The number of nitrogens with one attached hydrogen (secondary N) is 1. The van der Waals surface area contributed by atoms with Crippen LogP contribution in [0.3, 0.4) is 0 Å². The predicted octanol–water partition coefficient (Wildman–Crippen LogP) is 3.51. The van der Waals surface area contributed by atoms with Crippen LogP contribution in [-0.2, 0) is 0 Å². The first-order valence-electron chi connectivity index (χ1n) is 7.95. The first-order valence-corrected chi connectivity index (χ1v) is 8.74. The van der Waals surface area contributed by atoms with Crippen LogP contribution in [0, 0.1) is 0 Å². The van der Waals surface area contributed by atoms with Gasteiger partial charge in [0.05, 0.1) is 14.2 Å². The van der Waals surface area contributed by atoms with Gasteiger partial charge in [0.25, 0.3) is 0 Å². The molecule has 0 radical (unpaired) electrons. The number of allylic oxidation sites excluding steroid dienone is 1. The highest BCUT2D eigenvalue weighted by molar-refractivity contribution is 9.10. The Morgan fingerprint density at radius 2 is 1.96 bits per heavy atom. The SMILES string of the molecule is COc1cccc([C@@H]2C=C(c3cccc(Br)c3)Nc3nnnn32)c1OC. The topological polar surface area (TPSA) is 74.1 Å². The highest BCUT2D eigenvalue weighted by atomic mass is 79.9. The van der Waals surface area contributed by atoms with Crippen LogP contribution in [0.25, 0.3) is 5.70 Å². The van der Waals surface area contributed by atoms with Crippen LogP contribution >= 0.6 is 15.9 Å². The maximum Gasteiger partial charge on any atom is 0.248 e. The van der Waals surface area contributed by atoms with Gasteiger partial charge in [0.1, 0.15) is 6.04 Å². The van der Waals surface area contributed by atoms with E-state index in [0.29, 0.717) is 17.4 Å². The summed E-state index contributed by atoms with van der Waals surface area (Å²) < 4.78 is 13.8. The van der Waals surface area contributed by atoms with Crippen molar-refractivity contribution in [3.05, 3.63) is 64.1 Å². The second kappa shape index (κ2) is 6.80. The minimum absolute atomic E-state index is 0.236. The van der Waals surface area contributed by atoms with Gasteiger partial charge in [-0.05, 0) is 40.3 Å². The predicted molar refractivity (Wildman–Crippen MR) is 101 cm³/mol. The van der Waals surface area contributed by atoms with Crippen LogP contribution in [0.4, 0.5) is 5.95 Å². The fraction of sp³-hybridized carbons (Fsp3) is 0.167. The summed E-state index contributed by atoms with van der Waals surface area (Å²) in [6.07, 6.45) is 2.07. The lowest BCUT2D eigenvalue weighted by Crippen LogP contribution is -2.21. The number of ether oxygens (including phenoxy) is 2. The van der Waals surface area contributed by atoms with Crippen molar-refractivity contribution >= 4 is 27.6 Å². The van der Waals surface area contributed by atoms with Gasteiger partial charge in [-0.1, -0.05) is 45.3 Å². The van der Waals surface area contributed by atoms with Crippen molar-refractivity contribution in [2.75, 3.05) is 19.5 Å². The molecular formula is C18H16BrN5O2. The number of fused-ring (bicyclic) bond motifs is 1. The van der Waals surface area contributed by atoms with Gasteiger partial charge in [0.2, 0.25) is 5.95 Å². The van der Waals surface area contributed by atoms with Crippen molar-refractivity contribution in [3.8, 4) is 11.5 Å². The van der Waals surface area contributed by atoms with Crippen molar-refractivity contribution in [1.29, 1.82) is 0 Å². The smallest absolute Gasteiger partial charge is 0.248 e. The van der Waals surface area contributed by atoms with E-state index in [0.717, 1.165) is 21.3 Å². The molecule has 1 aromatic heterocycles. The van der Waals surface area contributed by atoms with E-state index < -0.39 is 0 Å². The number of aromatic nitrogens is 4. The molecule has 1 aliphatic rings. The van der Waals surface area contributed by atoms with E-state index in [1.54, 1.807) is 18.9 Å². The van der Waals surface area contributed by atoms with Crippen molar-refractivity contribution in [3.63, 3.8) is 0 Å². The molecule has 2 aromatic carbocycles. The molecule has 1 atom stereocenters. The zero-order chi connectivity index (χ0) is 18.1. The van der Waals surface area contributed by atoms with Crippen molar-refractivity contribution < 1.29 is 9.47 Å². The summed E-state index contributed by atoms with van der Waals surface area (Å²) >= 11 is 3.52. The molecule has 4 rings (SSSR count). The van der Waals surface area contributed by atoms with Gasteiger partial charge in [0.15, 0.2) is 11.5 Å². The minimum Gasteiger partial charge on any atom is -0.493 e. The molecule has 0 saturated heterocycles. The normalized spacial score (nSPS) is 15.7. The number of methoxy groups -OCH3 is 2. The van der Waals surface area contributed by atoms with Crippen LogP contribution in [-0.4, -0.2) is 34.4 Å². The first-order chi connectivity index (χ1) is 12.7. The van der Waals surface area contributed by atoms with Crippen LogP contribution < -0.4 is 14.8 Å². The molecular weight excluding hydrogens is 398 g/mol. The van der Waals surface area contributed by atoms with Crippen LogP contribution in [0.1, 0.15) is 17.2 Å². The maximum absolute atomic E-state index is 5.61. The third-order valence-corrected chi connectivity index (χ3v) is 4.71. The van der Waals surface area contributed by atoms with Gasteiger partial charge in [-0.15, -0.1) is 0 Å². The summed E-state index contributed by atoms with van der Waals surface area (Å²) in [7, 11) is 3.25. The number of hydrogen-bond donors (Lipinski definition) is 1. The third-order valence-electron chi connectivity index (χ3n) is 4.21. The van der Waals surface area contributed by atoms with E-state index in [4.69, 9.17) is 9.47 Å². The molecule has 1 aliphatic heterocycles. The Bertz CT molecular complexity index is 985. The lowest BCUT2D eigenvalue weighted by molar-refractivity contribution is 0.348. The molecule has 7 nitrogen and oxygen atoms in total. The number of hydrogen-bond acceptors (Lipinski definition) is 6. The number of halogens is 1. The number of rotatable bonds is 4. The summed E-state index contributed by atoms with van der Waals surface area (Å²) in [5, 5.41) is 15.3. The van der Waals surface area contributed by atoms with E-state index in [1.807, 2.05) is 42.5 Å². The molecule has 0 spiro atoms. The number of anilines is 1. The summed E-state index contributed by atoms with van der Waals surface area (Å²) in [4.78, 5) is 0. The molecule has 2 heterocycles. The molecule has 1 N–H and O–H groups in total. The first kappa shape index (κ1) is 16.6. The number of nitrogens with zero attached hydrogens (tertiary/aromatic N) is 4. The van der Waals surface area contributed by atoms with Gasteiger partial charge in [-0.3, -0.25) is 0 Å². The van der Waals surface area contributed by atoms with Gasteiger partial charge < -0.3 is 14.8 Å². The molecule has 26 heavy (non-hydrogen) atoms. The van der Waals surface area contributed by atoms with Crippen LogP contribution in [0.15, 0.2) is 53.0 Å². The Balaban J connectivity index is 1.87. The second-order valence-electron chi connectivity index (χ2n) is 5.69. The highest BCUT2D eigenvalue weighted by Crippen LogP contribution is 2.40. The van der Waals surface area contributed by atoms with Crippen molar-refractivity contribution in [2.24, 2.45) is 0 Å². The highest BCUT2D eigenvalue weighted by Gasteiger charge is 2.27. The second-order valence-corrected chi connectivity index (χ2v) is 6.61. The minimum atomic E-state index is -0.236. The molecule has 3 aromatic rings. The number of para-hydroxylation sites is 1. The lowest BCUT2D eigenvalue weighted by Gasteiger charge is -2.25. The van der Waals surface area contributed by atoms with Gasteiger partial charge >= 0.3 is 0 Å². The summed E-state index contributed by atoms with van der Waals surface area (Å²) in [6, 6.07) is 13.6. The Morgan fingerprint density at radius 1 is 1.12 bits per heavy atom. The number of tetrazole rings is 1. The monoisotopic (exact) mass is 413 g/mol. The molecule has 0 fully saturated rings. The van der Waals surface area contributed by atoms with Gasteiger partial charge in [-0.25, -0.2) is 0 Å². The summed E-state index contributed by atoms with van der Waals surface area (Å²) in [6.45, 7) is 0. The molecule has 0 bridgehead atoms. The summed E-state index contributed by atoms with van der Waals surface area (Å²) in [5.74, 6) is 1.89. The van der Waals surface area contributed by atoms with Crippen molar-refractivity contribution in [1.82, 2.24) is 20.2 Å². The standard InChI is InChI=1S/C18H16BrN5O2/c1-25-16-8-4-7-13(17(16)26-2)15-10-14(11-5-3-6-12(19)9-11)20-18-21-22-23-24(15)18/h3-10,15H,1-2H3,(H,20,21,23)/t15-/m0/s1. The quantitative estimate of drug-likeness (QED) is 0.705. The Morgan fingerprint density at radius 3 is 2.73 bits per heavy atom. The zero-order valence-electron chi connectivity index (χ0n) is 14.2. The molecule has 0 unspecified atom stereocenters. The van der Waals surface area contributed by atoms with E-state index in [9.17, 15) is 0 Å². The van der Waals surface area contributed by atoms with Gasteiger partial charge in [0, 0.05) is 15.7 Å². The summed E-state index contributed by atoms with van der Waals surface area (Å²) in [5.41, 5.74) is 2.86. The molecule has 0 aliphatic carbocycles.